The first kappa shape index (κ1) is 19.6. The Bertz CT molecular complexity index is 888. The maximum atomic E-state index is 12.7. The first-order chi connectivity index (χ1) is 13.7. The number of benzene rings is 3. The lowest BCUT2D eigenvalue weighted by Crippen LogP contribution is -2.42. The molecule has 0 unspecified atom stereocenters. The molecule has 0 saturated heterocycles. The molecule has 3 aromatic rings. The summed E-state index contributed by atoms with van der Waals surface area (Å²) < 4.78 is 5.19. The average molecular weight is 391 g/mol. The molecule has 0 saturated carbocycles. The molecule has 0 spiro atoms. The molecule has 142 valence electrons. The van der Waals surface area contributed by atoms with Crippen LogP contribution in [0.25, 0.3) is 0 Å². The van der Waals surface area contributed by atoms with E-state index in [1.807, 2.05) is 65.6 Å². The minimum atomic E-state index is -0.255. The Morgan fingerprint density at radius 2 is 1.46 bits per heavy atom. The Morgan fingerprint density at radius 3 is 2.00 bits per heavy atom. The Kier molecular flexibility index (Phi) is 6.76. The zero-order chi connectivity index (χ0) is 19.8. The van der Waals surface area contributed by atoms with Gasteiger partial charge in [-0.25, -0.2) is 0 Å². The molecule has 3 rings (SSSR count). The van der Waals surface area contributed by atoms with Crippen LogP contribution in [0.4, 0.5) is 0 Å². The lowest BCUT2D eigenvalue weighted by molar-refractivity contribution is 0.0972. The summed E-state index contributed by atoms with van der Waals surface area (Å²) in [6.07, 6.45) is 0. The number of methoxy groups -OCH3 is 1. The van der Waals surface area contributed by atoms with Crippen LogP contribution in [0.5, 0.6) is 5.75 Å². The fourth-order valence-corrected chi connectivity index (χ4v) is 3.04. The van der Waals surface area contributed by atoms with E-state index in [1.165, 1.54) is 0 Å². The first-order valence-corrected chi connectivity index (χ1v) is 9.38. The summed E-state index contributed by atoms with van der Waals surface area (Å²) in [5.41, 5.74) is 2.74. The van der Waals surface area contributed by atoms with E-state index in [4.69, 9.17) is 17.0 Å². The highest BCUT2D eigenvalue weighted by Crippen LogP contribution is 2.14. The van der Waals surface area contributed by atoms with Crippen molar-refractivity contribution in [3.05, 3.63) is 102 Å². The van der Waals surface area contributed by atoms with Crippen LogP contribution in [0.3, 0.4) is 0 Å². The van der Waals surface area contributed by atoms with Gasteiger partial charge in [0.1, 0.15) is 5.75 Å². The molecule has 0 aromatic heterocycles. The largest absolute Gasteiger partial charge is 0.497 e. The summed E-state index contributed by atoms with van der Waals surface area (Å²) in [6.45, 7) is 1.21. The number of carbonyl (C=O) groups excluding carboxylic acids is 1. The average Bonchev–Trinajstić information content (AvgIpc) is 2.74. The molecule has 3 aromatic carbocycles. The van der Waals surface area contributed by atoms with E-state index in [2.05, 4.69) is 5.32 Å². The lowest BCUT2D eigenvalue weighted by Gasteiger charge is -2.26. The minimum absolute atomic E-state index is 0.255. The number of hydrogen-bond acceptors (Lipinski definition) is 3. The zero-order valence-corrected chi connectivity index (χ0v) is 16.5. The van der Waals surface area contributed by atoms with Crippen molar-refractivity contribution in [2.75, 3.05) is 7.11 Å². The van der Waals surface area contributed by atoms with Crippen LogP contribution in [-0.2, 0) is 13.1 Å². The number of amides is 1. The van der Waals surface area contributed by atoms with Crippen molar-refractivity contribution in [2.45, 2.75) is 13.1 Å². The van der Waals surface area contributed by atoms with Crippen molar-refractivity contribution in [1.82, 2.24) is 10.2 Å². The van der Waals surface area contributed by atoms with Gasteiger partial charge in [-0.1, -0.05) is 66.7 Å². The summed E-state index contributed by atoms with van der Waals surface area (Å²) in [5, 5.41) is 3.24. The molecule has 0 fully saturated rings. The molecule has 1 amide bonds. The molecule has 1 N–H and O–H groups in total. The Labute approximate surface area is 170 Å². The quantitative estimate of drug-likeness (QED) is 0.633. The van der Waals surface area contributed by atoms with Gasteiger partial charge >= 0.3 is 0 Å². The summed E-state index contributed by atoms with van der Waals surface area (Å²) in [5.74, 6) is 0.374. The second kappa shape index (κ2) is 9.67. The van der Waals surface area contributed by atoms with Gasteiger partial charge in [0, 0.05) is 18.7 Å². The third-order valence-corrected chi connectivity index (χ3v) is 4.63. The van der Waals surface area contributed by atoms with E-state index in [1.54, 1.807) is 31.4 Å². The van der Waals surface area contributed by atoms with Crippen LogP contribution in [-0.4, -0.2) is 23.0 Å². The van der Waals surface area contributed by atoms with Crippen molar-refractivity contribution in [2.24, 2.45) is 0 Å². The number of carbonyl (C=O) groups is 1. The molecule has 5 heteroatoms. The van der Waals surface area contributed by atoms with Gasteiger partial charge in [-0.15, -0.1) is 0 Å². The van der Waals surface area contributed by atoms with Gasteiger partial charge in [0.25, 0.3) is 5.91 Å². The Hall–Kier alpha value is -3.18. The third-order valence-electron chi connectivity index (χ3n) is 4.27. The normalized spacial score (nSPS) is 10.2. The van der Waals surface area contributed by atoms with Crippen LogP contribution in [0.2, 0.25) is 0 Å². The smallest absolute Gasteiger partial charge is 0.257 e. The molecule has 4 nitrogen and oxygen atoms in total. The van der Waals surface area contributed by atoms with Gasteiger partial charge in [-0.2, -0.15) is 0 Å². The molecule has 28 heavy (non-hydrogen) atoms. The Morgan fingerprint density at radius 1 is 0.893 bits per heavy atom. The van der Waals surface area contributed by atoms with E-state index in [0.29, 0.717) is 29.5 Å². The van der Waals surface area contributed by atoms with Crippen molar-refractivity contribution in [1.29, 1.82) is 0 Å². The molecular weight excluding hydrogens is 368 g/mol. The van der Waals surface area contributed by atoms with Gasteiger partial charge in [0.05, 0.1) is 7.11 Å². The molecule has 0 atom stereocenters. The standard InChI is InChI=1S/C23H22N2O2S/c1-27-21-14-8-13-20(15-21)22(26)24-23(28)25(16-18-9-4-2-5-10-18)17-19-11-6-3-7-12-19/h2-15H,16-17H2,1H3,(H,24,26,28). The van der Waals surface area contributed by atoms with E-state index in [9.17, 15) is 4.79 Å². The zero-order valence-electron chi connectivity index (χ0n) is 15.7. The number of ether oxygens (including phenoxy) is 1. The van der Waals surface area contributed by atoms with Gasteiger partial charge in [0.2, 0.25) is 0 Å². The summed E-state index contributed by atoms with van der Waals surface area (Å²) in [7, 11) is 1.57. The topological polar surface area (TPSA) is 41.6 Å². The van der Waals surface area contributed by atoms with Gasteiger partial charge < -0.3 is 9.64 Å². The molecular formula is C23H22N2O2S. The van der Waals surface area contributed by atoms with Crippen molar-refractivity contribution in [3.8, 4) is 5.75 Å². The minimum Gasteiger partial charge on any atom is -0.497 e. The van der Waals surface area contributed by atoms with Crippen molar-refractivity contribution < 1.29 is 9.53 Å². The van der Waals surface area contributed by atoms with Crippen LogP contribution >= 0.6 is 12.2 Å². The predicted octanol–water partition coefficient (Wildman–Crippen LogP) is 4.41. The highest BCUT2D eigenvalue weighted by atomic mass is 32.1. The van der Waals surface area contributed by atoms with E-state index >= 15 is 0 Å². The molecule has 0 heterocycles. The van der Waals surface area contributed by atoms with Crippen LogP contribution in [0, 0.1) is 0 Å². The van der Waals surface area contributed by atoms with Crippen LogP contribution in [0.1, 0.15) is 21.5 Å². The van der Waals surface area contributed by atoms with Crippen molar-refractivity contribution >= 4 is 23.2 Å². The predicted molar refractivity (Wildman–Crippen MR) is 115 cm³/mol. The maximum absolute atomic E-state index is 12.7. The Balaban J connectivity index is 1.76. The number of nitrogens with one attached hydrogen (secondary N) is 1. The molecule has 0 radical (unpaired) electrons. The number of rotatable bonds is 6. The molecule has 0 bridgehead atoms. The maximum Gasteiger partial charge on any atom is 0.257 e. The molecule has 0 aliphatic carbocycles. The number of nitrogens with zero attached hydrogens (tertiary/aromatic N) is 1. The first-order valence-electron chi connectivity index (χ1n) is 8.98. The third kappa shape index (κ3) is 5.41. The highest BCUT2D eigenvalue weighted by molar-refractivity contribution is 7.80. The van der Waals surface area contributed by atoms with E-state index < -0.39 is 0 Å². The van der Waals surface area contributed by atoms with E-state index in [-0.39, 0.29) is 5.91 Å². The summed E-state index contributed by atoms with van der Waals surface area (Å²) in [4.78, 5) is 14.6. The summed E-state index contributed by atoms with van der Waals surface area (Å²) >= 11 is 5.57. The lowest BCUT2D eigenvalue weighted by atomic mass is 10.1. The number of hydrogen-bond donors (Lipinski definition) is 1. The van der Waals surface area contributed by atoms with Gasteiger partial charge in [-0.05, 0) is 41.5 Å². The van der Waals surface area contributed by atoms with Crippen molar-refractivity contribution in [3.63, 3.8) is 0 Å². The van der Waals surface area contributed by atoms with E-state index in [0.717, 1.165) is 11.1 Å². The second-order valence-electron chi connectivity index (χ2n) is 6.32. The monoisotopic (exact) mass is 390 g/mol. The van der Waals surface area contributed by atoms with Gasteiger partial charge in [0.15, 0.2) is 5.11 Å². The molecule has 0 aliphatic heterocycles. The molecule has 0 aliphatic rings. The van der Waals surface area contributed by atoms with Crippen LogP contribution < -0.4 is 10.1 Å². The fraction of sp³-hybridized carbons (Fsp3) is 0.130. The number of thiocarbonyl (C=S) groups is 1. The summed E-state index contributed by atoms with van der Waals surface area (Å²) in [6, 6.07) is 27.1. The highest BCUT2D eigenvalue weighted by Gasteiger charge is 2.15. The van der Waals surface area contributed by atoms with Crippen LogP contribution in [0.15, 0.2) is 84.9 Å². The second-order valence-corrected chi connectivity index (χ2v) is 6.71. The fourth-order valence-electron chi connectivity index (χ4n) is 2.82. The van der Waals surface area contributed by atoms with Gasteiger partial charge in [-0.3, -0.25) is 10.1 Å². The SMILES string of the molecule is COc1cccc(C(=O)NC(=S)N(Cc2ccccc2)Cc2ccccc2)c1.